The first-order chi connectivity index (χ1) is 8.42. The first-order valence-corrected chi connectivity index (χ1v) is 6.27. The van der Waals surface area contributed by atoms with Crippen molar-refractivity contribution in [2.24, 2.45) is 0 Å². The van der Waals surface area contributed by atoms with Gasteiger partial charge in [0.05, 0.1) is 10.6 Å². The molecule has 1 amide bonds. The largest absolute Gasteiger partial charge is 0.335 e. The minimum Gasteiger partial charge on any atom is -0.335 e. The standard InChI is InChI=1S/C13H16ClFN2O/c1-13(2)12(18)17(7-6-16-13)8-9-4-3-5-10(15)11(9)14/h3-5,16H,6-8H2,1-2H3. The molecule has 1 saturated heterocycles. The predicted octanol–water partition coefficient (Wildman–Crippen LogP) is 2.19. The molecule has 3 nitrogen and oxygen atoms in total. The van der Waals surface area contributed by atoms with Crippen molar-refractivity contribution in [1.82, 2.24) is 10.2 Å². The van der Waals surface area contributed by atoms with Crippen LogP contribution in [0.1, 0.15) is 19.4 Å². The molecule has 0 saturated carbocycles. The Kier molecular flexibility index (Phi) is 3.59. The average Bonchev–Trinajstić information content (AvgIpc) is 2.31. The molecule has 0 bridgehead atoms. The Labute approximate surface area is 111 Å². The van der Waals surface area contributed by atoms with Gasteiger partial charge in [0.25, 0.3) is 0 Å². The summed E-state index contributed by atoms with van der Waals surface area (Å²) in [5, 5.41) is 3.25. The number of hydrogen-bond donors (Lipinski definition) is 1. The van der Waals surface area contributed by atoms with Crippen molar-refractivity contribution in [1.29, 1.82) is 0 Å². The number of amides is 1. The summed E-state index contributed by atoms with van der Waals surface area (Å²) >= 11 is 5.90. The number of piperazine rings is 1. The lowest BCUT2D eigenvalue weighted by atomic mass is 10.0. The molecule has 1 aromatic carbocycles. The van der Waals surface area contributed by atoms with Gasteiger partial charge < -0.3 is 10.2 Å². The number of nitrogens with zero attached hydrogens (tertiary/aromatic N) is 1. The summed E-state index contributed by atoms with van der Waals surface area (Å²) in [4.78, 5) is 13.9. The van der Waals surface area contributed by atoms with Crippen molar-refractivity contribution in [2.75, 3.05) is 13.1 Å². The van der Waals surface area contributed by atoms with Crippen LogP contribution in [0.15, 0.2) is 18.2 Å². The average molecular weight is 271 g/mol. The zero-order valence-electron chi connectivity index (χ0n) is 10.5. The minimum atomic E-state index is -0.571. The Morgan fingerprint density at radius 3 is 2.94 bits per heavy atom. The van der Waals surface area contributed by atoms with Gasteiger partial charge in [-0.25, -0.2) is 4.39 Å². The van der Waals surface area contributed by atoms with Gasteiger partial charge >= 0.3 is 0 Å². The molecular formula is C13H16ClFN2O. The second kappa shape index (κ2) is 4.86. The molecule has 0 radical (unpaired) electrons. The summed E-state index contributed by atoms with van der Waals surface area (Å²) in [5.41, 5.74) is 0.0700. The van der Waals surface area contributed by atoms with Crippen LogP contribution in [0, 0.1) is 5.82 Å². The van der Waals surface area contributed by atoms with E-state index in [1.807, 2.05) is 13.8 Å². The summed E-state index contributed by atoms with van der Waals surface area (Å²) in [6, 6.07) is 4.66. The van der Waals surface area contributed by atoms with Crippen LogP contribution in [0.5, 0.6) is 0 Å². The van der Waals surface area contributed by atoms with Crippen LogP contribution in [0.25, 0.3) is 0 Å². The smallest absolute Gasteiger partial charge is 0.242 e. The monoisotopic (exact) mass is 270 g/mol. The summed E-state index contributed by atoms with van der Waals surface area (Å²) < 4.78 is 13.3. The Bertz CT molecular complexity index is 476. The third-order valence-electron chi connectivity index (χ3n) is 3.16. The predicted molar refractivity (Wildman–Crippen MR) is 68.9 cm³/mol. The molecule has 0 unspecified atom stereocenters. The molecule has 0 aromatic heterocycles. The third-order valence-corrected chi connectivity index (χ3v) is 3.59. The molecule has 1 aliphatic rings. The highest BCUT2D eigenvalue weighted by Gasteiger charge is 2.35. The highest BCUT2D eigenvalue weighted by Crippen LogP contribution is 2.23. The van der Waals surface area contributed by atoms with E-state index in [4.69, 9.17) is 11.6 Å². The highest BCUT2D eigenvalue weighted by atomic mass is 35.5. The van der Waals surface area contributed by atoms with Crippen LogP contribution in [0.3, 0.4) is 0 Å². The maximum atomic E-state index is 13.3. The van der Waals surface area contributed by atoms with E-state index in [1.54, 1.807) is 17.0 Å². The fourth-order valence-corrected chi connectivity index (χ4v) is 2.29. The van der Waals surface area contributed by atoms with Gasteiger partial charge in [-0.2, -0.15) is 0 Å². The van der Waals surface area contributed by atoms with Crippen LogP contribution >= 0.6 is 11.6 Å². The summed E-state index contributed by atoms with van der Waals surface area (Å²) in [5.74, 6) is -0.440. The summed E-state index contributed by atoms with van der Waals surface area (Å²) in [6.45, 7) is 5.37. The minimum absolute atomic E-state index is 0.00841. The molecule has 1 fully saturated rings. The Morgan fingerprint density at radius 2 is 2.22 bits per heavy atom. The zero-order chi connectivity index (χ0) is 13.3. The van der Waals surface area contributed by atoms with Crippen molar-refractivity contribution < 1.29 is 9.18 Å². The van der Waals surface area contributed by atoms with E-state index in [-0.39, 0.29) is 10.9 Å². The number of carbonyl (C=O) groups is 1. The first-order valence-electron chi connectivity index (χ1n) is 5.89. The molecular weight excluding hydrogens is 255 g/mol. The second-order valence-corrected chi connectivity index (χ2v) is 5.37. The van der Waals surface area contributed by atoms with Gasteiger partial charge in [0.2, 0.25) is 5.91 Å². The van der Waals surface area contributed by atoms with Crippen molar-refractivity contribution in [2.45, 2.75) is 25.9 Å². The van der Waals surface area contributed by atoms with E-state index >= 15 is 0 Å². The van der Waals surface area contributed by atoms with E-state index in [2.05, 4.69) is 5.32 Å². The summed E-state index contributed by atoms with van der Waals surface area (Å²) in [7, 11) is 0. The normalized spacial score (nSPS) is 19.1. The van der Waals surface area contributed by atoms with E-state index in [0.29, 0.717) is 18.7 Å². The van der Waals surface area contributed by atoms with Gasteiger partial charge in [0, 0.05) is 19.6 Å². The van der Waals surface area contributed by atoms with Crippen LogP contribution in [0.4, 0.5) is 4.39 Å². The number of rotatable bonds is 2. The number of halogens is 2. The van der Waals surface area contributed by atoms with Crippen molar-refractivity contribution >= 4 is 17.5 Å². The quantitative estimate of drug-likeness (QED) is 0.893. The van der Waals surface area contributed by atoms with Crippen molar-refractivity contribution in [3.05, 3.63) is 34.6 Å². The molecule has 18 heavy (non-hydrogen) atoms. The molecule has 5 heteroatoms. The van der Waals surface area contributed by atoms with Gasteiger partial charge in [-0.05, 0) is 25.5 Å². The first kappa shape index (κ1) is 13.3. The zero-order valence-corrected chi connectivity index (χ0v) is 11.2. The molecule has 1 aliphatic heterocycles. The molecule has 1 heterocycles. The Balaban J connectivity index is 2.19. The van der Waals surface area contributed by atoms with Gasteiger partial charge in [-0.3, -0.25) is 4.79 Å². The van der Waals surface area contributed by atoms with Gasteiger partial charge in [0.15, 0.2) is 0 Å². The van der Waals surface area contributed by atoms with Crippen LogP contribution in [-0.2, 0) is 11.3 Å². The fraction of sp³-hybridized carbons (Fsp3) is 0.462. The van der Waals surface area contributed by atoms with Crippen LogP contribution in [-0.4, -0.2) is 29.4 Å². The van der Waals surface area contributed by atoms with Crippen molar-refractivity contribution in [3.8, 4) is 0 Å². The lowest BCUT2D eigenvalue weighted by Crippen LogP contribution is -2.60. The van der Waals surface area contributed by atoms with Gasteiger partial charge in [-0.15, -0.1) is 0 Å². The number of carbonyl (C=O) groups excluding carboxylic acids is 1. The molecule has 1 N–H and O–H groups in total. The second-order valence-electron chi connectivity index (χ2n) is 4.99. The Hall–Kier alpha value is -1.13. The molecule has 0 aliphatic carbocycles. The van der Waals surface area contributed by atoms with Gasteiger partial charge in [0.1, 0.15) is 5.82 Å². The van der Waals surface area contributed by atoms with E-state index in [1.165, 1.54) is 6.07 Å². The van der Waals surface area contributed by atoms with Crippen LogP contribution < -0.4 is 5.32 Å². The number of benzene rings is 1. The Morgan fingerprint density at radius 1 is 1.50 bits per heavy atom. The van der Waals surface area contributed by atoms with E-state index in [0.717, 1.165) is 6.54 Å². The van der Waals surface area contributed by atoms with Crippen molar-refractivity contribution in [3.63, 3.8) is 0 Å². The SMILES string of the molecule is CC1(C)NCCN(Cc2cccc(F)c2Cl)C1=O. The molecule has 0 atom stereocenters. The third kappa shape index (κ3) is 2.49. The fourth-order valence-electron chi connectivity index (χ4n) is 2.10. The molecule has 2 rings (SSSR count). The maximum Gasteiger partial charge on any atom is 0.242 e. The molecule has 98 valence electrons. The van der Waals surface area contributed by atoms with E-state index < -0.39 is 11.4 Å². The maximum absolute atomic E-state index is 13.3. The number of nitrogens with one attached hydrogen (secondary N) is 1. The topological polar surface area (TPSA) is 32.3 Å². The van der Waals surface area contributed by atoms with E-state index in [9.17, 15) is 9.18 Å². The van der Waals surface area contributed by atoms with Gasteiger partial charge in [-0.1, -0.05) is 23.7 Å². The van der Waals surface area contributed by atoms with Crippen LogP contribution in [0.2, 0.25) is 5.02 Å². The lowest BCUT2D eigenvalue weighted by Gasteiger charge is -2.38. The highest BCUT2D eigenvalue weighted by molar-refractivity contribution is 6.31. The number of hydrogen-bond acceptors (Lipinski definition) is 2. The lowest BCUT2D eigenvalue weighted by molar-refractivity contribution is -0.140. The molecule has 0 spiro atoms. The summed E-state index contributed by atoms with van der Waals surface area (Å²) in [6.07, 6.45) is 0. The molecule has 1 aromatic rings.